The molecule has 4 aromatic rings. The molecule has 2 aromatic heterocycles. The third-order valence-electron chi connectivity index (χ3n) is 5.27. The van der Waals surface area contributed by atoms with Crippen LogP contribution in [0.5, 0.6) is 0 Å². The van der Waals surface area contributed by atoms with Crippen molar-refractivity contribution < 1.29 is 14.3 Å². The molecule has 0 fully saturated rings. The van der Waals surface area contributed by atoms with Gasteiger partial charge in [0.15, 0.2) is 0 Å². The number of anilines is 1. The van der Waals surface area contributed by atoms with Crippen LogP contribution in [-0.4, -0.2) is 34.2 Å². The first kappa shape index (κ1) is 19.2. The Hall–Kier alpha value is -4.12. The van der Waals surface area contributed by atoms with Crippen LogP contribution in [0.3, 0.4) is 0 Å². The number of aromatic carboxylic acids is 1. The topological polar surface area (TPSA) is 112 Å². The van der Waals surface area contributed by atoms with E-state index in [9.17, 15) is 20.0 Å². The first-order valence-corrected chi connectivity index (χ1v) is 9.28. The summed E-state index contributed by atoms with van der Waals surface area (Å²) in [7, 11) is 3.62. The smallest absolute Gasteiger partial charge is 0.348 e. The maximum Gasteiger partial charge on any atom is 0.348 e. The second-order valence-corrected chi connectivity index (χ2v) is 6.95. The van der Waals surface area contributed by atoms with Crippen molar-refractivity contribution in [2.24, 2.45) is 7.05 Å². The summed E-state index contributed by atoms with van der Waals surface area (Å²) in [6.07, 6.45) is 0. The van der Waals surface area contributed by atoms with E-state index in [2.05, 4.69) is 11.1 Å². The molecule has 1 N–H and O–H groups in total. The van der Waals surface area contributed by atoms with Crippen molar-refractivity contribution in [3.8, 4) is 17.5 Å². The van der Waals surface area contributed by atoms with Crippen LogP contribution < -0.4 is 10.5 Å². The molecule has 150 valence electrons. The first-order valence-electron chi connectivity index (χ1n) is 9.28. The molecule has 0 saturated heterocycles. The van der Waals surface area contributed by atoms with E-state index in [-0.39, 0.29) is 22.5 Å². The predicted octanol–water partition coefficient (Wildman–Crippen LogP) is 3.37. The van der Waals surface area contributed by atoms with Gasteiger partial charge in [0.05, 0.1) is 22.2 Å². The fourth-order valence-corrected chi connectivity index (χ4v) is 3.49. The molecule has 8 heteroatoms. The summed E-state index contributed by atoms with van der Waals surface area (Å²) in [5.74, 6) is -0.825. The van der Waals surface area contributed by atoms with E-state index in [1.807, 2.05) is 24.9 Å². The van der Waals surface area contributed by atoms with Crippen LogP contribution in [0.2, 0.25) is 0 Å². The van der Waals surface area contributed by atoms with Crippen LogP contribution in [0.4, 0.5) is 5.69 Å². The van der Waals surface area contributed by atoms with Crippen molar-refractivity contribution in [1.29, 1.82) is 5.26 Å². The summed E-state index contributed by atoms with van der Waals surface area (Å²) in [6.45, 7) is 2.78. The SMILES string of the molecule is CCN(C)c1ccc2c(C#N)c(-c3nc4cc(C(=O)O)ccc4n3C)c(=O)oc2c1. The third-order valence-corrected chi connectivity index (χ3v) is 5.27. The highest BCUT2D eigenvalue weighted by Crippen LogP contribution is 2.30. The van der Waals surface area contributed by atoms with Crippen molar-refractivity contribution in [3.63, 3.8) is 0 Å². The average molecular weight is 402 g/mol. The molecule has 2 aromatic carbocycles. The Balaban J connectivity index is 2.00. The van der Waals surface area contributed by atoms with Gasteiger partial charge in [-0.3, -0.25) is 0 Å². The zero-order valence-electron chi connectivity index (χ0n) is 16.6. The summed E-state index contributed by atoms with van der Waals surface area (Å²) in [6, 6.07) is 12.0. The largest absolute Gasteiger partial charge is 0.478 e. The number of fused-ring (bicyclic) bond motifs is 2. The van der Waals surface area contributed by atoms with Gasteiger partial charge in [0.1, 0.15) is 23.0 Å². The number of carboxylic acids is 1. The Bertz CT molecular complexity index is 1430. The molecule has 0 aliphatic carbocycles. The third kappa shape index (κ3) is 2.88. The van der Waals surface area contributed by atoms with Gasteiger partial charge < -0.3 is 19.0 Å². The van der Waals surface area contributed by atoms with E-state index in [0.29, 0.717) is 22.0 Å². The van der Waals surface area contributed by atoms with Crippen molar-refractivity contribution in [2.45, 2.75) is 6.92 Å². The van der Waals surface area contributed by atoms with Gasteiger partial charge in [0.25, 0.3) is 0 Å². The molecule has 8 nitrogen and oxygen atoms in total. The predicted molar refractivity (Wildman–Crippen MR) is 113 cm³/mol. The Labute approximate surface area is 171 Å². The molecular formula is C22H18N4O4. The van der Waals surface area contributed by atoms with E-state index in [1.54, 1.807) is 29.8 Å². The lowest BCUT2D eigenvalue weighted by Crippen LogP contribution is -2.16. The molecule has 4 rings (SSSR count). The van der Waals surface area contributed by atoms with Gasteiger partial charge >= 0.3 is 11.6 Å². The van der Waals surface area contributed by atoms with Crippen LogP contribution in [0.15, 0.2) is 45.6 Å². The minimum absolute atomic E-state index is 0.0529. The summed E-state index contributed by atoms with van der Waals surface area (Å²) < 4.78 is 7.21. The van der Waals surface area contributed by atoms with Crippen LogP contribution >= 0.6 is 0 Å². The minimum atomic E-state index is -1.07. The quantitative estimate of drug-likeness (QED) is 0.521. The van der Waals surface area contributed by atoms with Crippen molar-refractivity contribution >= 4 is 33.7 Å². The van der Waals surface area contributed by atoms with Crippen molar-refractivity contribution in [1.82, 2.24) is 9.55 Å². The molecule has 0 unspecified atom stereocenters. The molecule has 0 amide bonds. The standard InChI is InChI=1S/C22H18N4O4/c1-4-25(2)13-6-7-14-15(11-23)19(22(29)30-18(14)10-13)20-24-16-9-12(21(27)28)5-8-17(16)26(20)3/h5-10H,4H2,1-3H3,(H,27,28). The highest BCUT2D eigenvalue weighted by Gasteiger charge is 2.22. The molecule has 0 radical (unpaired) electrons. The van der Waals surface area contributed by atoms with Gasteiger partial charge in [-0.05, 0) is 37.3 Å². The second-order valence-electron chi connectivity index (χ2n) is 6.95. The van der Waals surface area contributed by atoms with Crippen LogP contribution in [0.25, 0.3) is 33.4 Å². The molecule has 2 heterocycles. The number of aryl methyl sites for hydroxylation is 1. The van der Waals surface area contributed by atoms with Gasteiger partial charge in [0, 0.05) is 37.8 Å². The molecule has 0 spiro atoms. The second kappa shape index (κ2) is 7.04. The number of nitrogens with zero attached hydrogens (tertiary/aromatic N) is 4. The minimum Gasteiger partial charge on any atom is -0.478 e. The zero-order valence-corrected chi connectivity index (χ0v) is 16.6. The number of hydrogen-bond donors (Lipinski definition) is 1. The summed E-state index contributed by atoms with van der Waals surface area (Å²) >= 11 is 0. The lowest BCUT2D eigenvalue weighted by Gasteiger charge is -2.17. The van der Waals surface area contributed by atoms with E-state index in [4.69, 9.17) is 4.42 Å². The number of carboxylic acid groups (broad SMARTS) is 1. The molecule has 0 atom stereocenters. The van der Waals surface area contributed by atoms with Crippen LogP contribution in [0, 0.1) is 11.3 Å². The summed E-state index contributed by atoms with van der Waals surface area (Å²) in [5.41, 5.74) is 1.88. The highest BCUT2D eigenvalue weighted by molar-refractivity contribution is 5.95. The van der Waals surface area contributed by atoms with E-state index >= 15 is 0 Å². The normalized spacial score (nSPS) is 11.0. The van der Waals surface area contributed by atoms with E-state index in [1.165, 1.54) is 12.1 Å². The van der Waals surface area contributed by atoms with Gasteiger partial charge in [-0.2, -0.15) is 5.26 Å². The molecule has 0 aliphatic rings. The van der Waals surface area contributed by atoms with E-state index in [0.717, 1.165) is 12.2 Å². The fourth-order valence-electron chi connectivity index (χ4n) is 3.49. The van der Waals surface area contributed by atoms with Gasteiger partial charge in [-0.25, -0.2) is 14.6 Å². The maximum atomic E-state index is 12.9. The molecule has 0 aliphatic heterocycles. The monoisotopic (exact) mass is 402 g/mol. The number of aromatic nitrogens is 2. The van der Waals surface area contributed by atoms with Gasteiger partial charge in [-0.1, -0.05) is 0 Å². The summed E-state index contributed by atoms with van der Waals surface area (Å²) in [4.78, 5) is 30.6. The Morgan fingerprint density at radius 2 is 2.07 bits per heavy atom. The number of imidazole rings is 1. The van der Waals surface area contributed by atoms with Crippen LogP contribution in [-0.2, 0) is 7.05 Å². The van der Waals surface area contributed by atoms with E-state index < -0.39 is 11.6 Å². The Morgan fingerprint density at radius 3 is 2.73 bits per heavy atom. The molecule has 30 heavy (non-hydrogen) atoms. The van der Waals surface area contributed by atoms with Gasteiger partial charge in [-0.15, -0.1) is 0 Å². The molecule has 0 bridgehead atoms. The number of nitriles is 1. The number of benzene rings is 2. The lowest BCUT2D eigenvalue weighted by molar-refractivity contribution is 0.0697. The van der Waals surface area contributed by atoms with Crippen LogP contribution in [0.1, 0.15) is 22.8 Å². The lowest BCUT2D eigenvalue weighted by atomic mass is 10.0. The maximum absolute atomic E-state index is 12.9. The van der Waals surface area contributed by atoms with Crippen molar-refractivity contribution in [2.75, 3.05) is 18.5 Å². The fraction of sp³-hybridized carbons (Fsp3) is 0.182. The number of hydrogen-bond acceptors (Lipinski definition) is 6. The highest BCUT2D eigenvalue weighted by atomic mass is 16.4. The zero-order chi connectivity index (χ0) is 21.6. The van der Waals surface area contributed by atoms with Gasteiger partial charge in [0.2, 0.25) is 0 Å². The number of rotatable bonds is 4. The van der Waals surface area contributed by atoms with Crippen molar-refractivity contribution in [3.05, 3.63) is 57.9 Å². The average Bonchev–Trinajstić information content (AvgIpc) is 3.06. The number of carbonyl (C=O) groups is 1. The summed E-state index contributed by atoms with van der Waals surface area (Å²) in [5, 5.41) is 19.6. The Morgan fingerprint density at radius 1 is 1.30 bits per heavy atom. The first-order chi connectivity index (χ1) is 14.3. The Kier molecular flexibility index (Phi) is 4.51. The molecular weight excluding hydrogens is 384 g/mol. The molecule has 0 saturated carbocycles.